The Morgan fingerprint density at radius 2 is 2.33 bits per heavy atom. The first kappa shape index (κ1) is 11.0. The number of benzene rings is 1. The van der Waals surface area contributed by atoms with Crippen molar-refractivity contribution < 1.29 is 4.39 Å². The topological polar surface area (TPSA) is 25.8 Å². The van der Waals surface area contributed by atoms with Crippen LogP contribution in [0.4, 0.5) is 4.39 Å². The van der Waals surface area contributed by atoms with E-state index in [0.29, 0.717) is 5.75 Å². The van der Waals surface area contributed by atoms with E-state index in [1.807, 2.05) is 6.07 Å². The molecule has 0 aliphatic heterocycles. The van der Waals surface area contributed by atoms with Gasteiger partial charge in [0.25, 0.3) is 0 Å². The van der Waals surface area contributed by atoms with Gasteiger partial charge in [0.2, 0.25) is 0 Å². The molecular weight excluding hydrogens is 299 g/mol. The first-order valence-corrected chi connectivity index (χ1v) is 6.66. The summed E-state index contributed by atoms with van der Waals surface area (Å²) in [5, 5.41) is 0. The summed E-state index contributed by atoms with van der Waals surface area (Å²) in [6.45, 7) is 0. The van der Waals surface area contributed by atoms with Gasteiger partial charge in [-0.05, 0) is 45.7 Å². The molecule has 0 fully saturated rings. The predicted octanol–water partition coefficient (Wildman–Crippen LogP) is 3.73. The summed E-state index contributed by atoms with van der Waals surface area (Å²) in [6.07, 6.45) is 0. The molecule has 0 bridgehead atoms. The van der Waals surface area contributed by atoms with Gasteiger partial charge in [0.1, 0.15) is 5.82 Å². The van der Waals surface area contributed by atoms with Crippen LogP contribution in [-0.4, -0.2) is 9.36 Å². The molecule has 2 aromatic rings. The molecular formula is C9H6BrFN2S2. The molecule has 0 saturated heterocycles. The van der Waals surface area contributed by atoms with Crippen molar-refractivity contribution in [1.29, 1.82) is 0 Å². The van der Waals surface area contributed by atoms with Crippen molar-refractivity contribution in [3.05, 3.63) is 39.8 Å². The van der Waals surface area contributed by atoms with Crippen molar-refractivity contribution in [1.82, 2.24) is 9.36 Å². The molecule has 2 nitrogen and oxygen atoms in total. The zero-order valence-corrected chi connectivity index (χ0v) is 10.7. The van der Waals surface area contributed by atoms with E-state index in [4.69, 9.17) is 0 Å². The van der Waals surface area contributed by atoms with E-state index >= 15 is 0 Å². The molecule has 0 spiro atoms. The summed E-state index contributed by atoms with van der Waals surface area (Å²) in [7, 11) is 0. The number of aromatic nitrogens is 2. The molecule has 0 unspecified atom stereocenters. The quantitative estimate of drug-likeness (QED) is 0.808. The van der Waals surface area contributed by atoms with E-state index in [1.165, 1.54) is 35.4 Å². The fourth-order valence-electron chi connectivity index (χ4n) is 0.996. The highest BCUT2D eigenvalue weighted by molar-refractivity contribution is 9.11. The molecule has 0 aliphatic rings. The third kappa shape index (κ3) is 3.25. The average Bonchev–Trinajstić information content (AvgIpc) is 2.62. The molecule has 1 aromatic heterocycles. The fraction of sp³-hybridized carbons (Fsp3) is 0.111. The van der Waals surface area contributed by atoms with Crippen molar-refractivity contribution in [2.24, 2.45) is 0 Å². The summed E-state index contributed by atoms with van der Waals surface area (Å²) in [5.74, 6) is 1.21. The van der Waals surface area contributed by atoms with E-state index < -0.39 is 0 Å². The van der Waals surface area contributed by atoms with Gasteiger partial charge in [-0.25, -0.2) is 9.37 Å². The first-order chi connectivity index (χ1) is 7.24. The van der Waals surface area contributed by atoms with Crippen molar-refractivity contribution in [3.63, 3.8) is 0 Å². The van der Waals surface area contributed by atoms with Gasteiger partial charge < -0.3 is 0 Å². The van der Waals surface area contributed by atoms with Crippen LogP contribution < -0.4 is 0 Å². The number of thioether (sulfide) groups is 1. The van der Waals surface area contributed by atoms with E-state index in [1.54, 1.807) is 6.07 Å². The number of halogens is 2. The molecule has 2 rings (SSSR count). The van der Waals surface area contributed by atoms with Crippen LogP contribution in [0.2, 0.25) is 0 Å². The average molecular weight is 305 g/mol. The van der Waals surface area contributed by atoms with E-state index in [-0.39, 0.29) is 5.82 Å². The summed E-state index contributed by atoms with van der Waals surface area (Å²) in [6, 6.07) is 6.50. The van der Waals surface area contributed by atoms with Gasteiger partial charge in [0.15, 0.2) is 9.74 Å². The number of hydrogen-bond acceptors (Lipinski definition) is 4. The fourth-order valence-corrected chi connectivity index (χ4v) is 2.73. The van der Waals surface area contributed by atoms with Crippen LogP contribution in [0.1, 0.15) is 5.82 Å². The molecule has 15 heavy (non-hydrogen) atoms. The van der Waals surface area contributed by atoms with Gasteiger partial charge in [-0.15, -0.1) is 11.8 Å². The molecule has 0 aliphatic carbocycles. The maximum Gasteiger partial charge on any atom is 0.179 e. The van der Waals surface area contributed by atoms with E-state index in [2.05, 4.69) is 25.3 Å². The molecule has 0 amide bonds. The Hall–Kier alpha value is -0.460. The Labute approximate surface area is 103 Å². The minimum Gasteiger partial charge on any atom is -0.212 e. The van der Waals surface area contributed by atoms with Crippen molar-refractivity contribution >= 4 is 39.2 Å². The molecule has 0 radical (unpaired) electrons. The zero-order valence-electron chi connectivity index (χ0n) is 7.48. The van der Waals surface area contributed by atoms with Crippen LogP contribution in [0.25, 0.3) is 0 Å². The number of nitrogens with zero attached hydrogens (tertiary/aromatic N) is 2. The Kier molecular flexibility index (Phi) is 3.71. The maximum absolute atomic E-state index is 12.8. The smallest absolute Gasteiger partial charge is 0.179 e. The predicted molar refractivity (Wildman–Crippen MR) is 63.6 cm³/mol. The molecule has 78 valence electrons. The van der Waals surface area contributed by atoms with Crippen LogP contribution in [0.5, 0.6) is 0 Å². The molecule has 1 heterocycles. The Morgan fingerprint density at radius 1 is 1.47 bits per heavy atom. The van der Waals surface area contributed by atoms with Crippen LogP contribution >= 0.6 is 39.2 Å². The van der Waals surface area contributed by atoms with Gasteiger partial charge in [-0.1, -0.05) is 6.07 Å². The molecule has 0 atom stereocenters. The maximum atomic E-state index is 12.8. The molecule has 6 heteroatoms. The lowest BCUT2D eigenvalue weighted by atomic mass is 10.4. The third-order valence-electron chi connectivity index (χ3n) is 1.61. The number of rotatable bonds is 3. The van der Waals surface area contributed by atoms with Crippen molar-refractivity contribution in [2.45, 2.75) is 10.6 Å². The normalized spacial score (nSPS) is 10.5. The van der Waals surface area contributed by atoms with Gasteiger partial charge in [-0.2, -0.15) is 4.37 Å². The monoisotopic (exact) mass is 304 g/mol. The summed E-state index contributed by atoms with van der Waals surface area (Å²) < 4.78 is 17.7. The van der Waals surface area contributed by atoms with Crippen molar-refractivity contribution in [2.75, 3.05) is 0 Å². The highest BCUT2D eigenvalue weighted by Crippen LogP contribution is 2.23. The van der Waals surface area contributed by atoms with Gasteiger partial charge in [0.05, 0.1) is 5.75 Å². The Bertz CT molecular complexity index is 461. The summed E-state index contributed by atoms with van der Waals surface area (Å²) in [5.41, 5.74) is 0. The Balaban J connectivity index is 1.99. The van der Waals surface area contributed by atoms with Crippen molar-refractivity contribution in [3.8, 4) is 0 Å². The second-order valence-corrected chi connectivity index (χ2v) is 5.79. The SMILES string of the molecule is Fc1cccc(SCc2nsc(Br)n2)c1. The van der Waals surface area contributed by atoms with Crippen LogP contribution in [0.3, 0.4) is 0 Å². The van der Waals surface area contributed by atoms with Gasteiger partial charge >= 0.3 is 0 Å². The summed E-state index contributed by atoms with van der Waals surface area (Å²) in [4.78, 5) is 5.05. The number of hydrogen-bond donors (Lipinski definition) is 0. The van der Waals surface area contributed by atoms with E-state index in [9.17, 15) is 4.39 Å². The van der Waals surface area contributed by atoms with Crippen LogP contribution in [0, 0.1) is 5.82 Å². The lowest BCUT2D eigenvalue weighted by Gasteiger charge is -1.97. The standard InChI is InChI=1S/C9H6BrFN2S2/c10-9-12-8(13-15-9)5-14-7-3-1-2-6(11)4-7/h1-4H,5H2. The molecule has 1 aromatic carbocycles. The van der Waals surface area contributed by atoms with Crippen LogP contribution in [0.15, 0.2) is 33.1 Å². The molecule has 0 N–H and O–H groups in total. The third-order valence-corrected chi connectivity index (χ3v) is 3.75. The minimum atomic E-state index is -0.215. The lowest BCUT2D eigenvalue weighted by molar-refractivity contribution is 0.624. The molecule has 0 saturated carbocycles. The zero-order chi connectivity index (χ0) is 10.7. The highest BCUT2D eigenvalue weighted by atomic mass is 79.9. The lowest BCUT2D eigenvalue weighted by Crippen LogP contribution is -1.83. The van der Waals surface area contributed by atoms with E-state index in [0.717, 1.165) is 14.6 Å². The Morgan fingerprint density at radius 3 is 3.00 bits per heavy atom. The van der Waals surface area contributed by atoms with Crippen LogP contribution in [-0.2, 0) is 5.75 Å². The highest BCUT2D eigenvalue weighted by Gasteiger charge is 2.02. The second kappa shape index (κ2) is 5.05. The van der Waals surface area contributed by atoms with Gasteiger partial charge in [0, 0.05) is 4.90 Å². The summed E-state index contributed by atoms with van der Waals surface area (Å²) >= 11 is 6.08. The largest absolute Gasteiger partial charge is 0.212 e. The second-order valence-electron chi connectivity index (χ2n) is 2.71. The first-order valence-electron chi connectivity index (χ1n) is 4.10. The van der Waals surface area contributed by atoms with Gasteiger partial charge in [-0.3, -0.25) is 0 Å². The minimum absolute atomic E-state index is 0.215.